The molecule has 0 bridgehead atoms. The number of nitrogens with two attached hydrogens (primary N) is 4. The Balaban J connectivity index is 4.78. The number of rotatable bonds is 50. The van der Waals surface area contributed by atoms with Gasteiger partial charge < -0.3 is 43.4 Å². The first-order valence-corrected chi connectivity index (χ1v) is 27.9. The molecule has 2 atom stereocenters. The summed E-state index contributed by atoms with van der Waals surface area (Å²) >= 11 is 0. The molecule has 0 aliphatic carbocycles. The van der Waals surface area contributed by atoms with Gasteiger partial charge in [0.15, 0.2) is 0 Å². The van der Waals surface area contributed by atoms with E-state index in [9.17, 15) is 19.2 Å². The number of carbonyl (C=O) groups is 4. The van der Waals surface area contributed by atoms with Gasteiger partial charge in [-0.25, -0.2) is 0 Å². The first kappa shape index (κ1) is 63.5. The fourth-order valence-electron chi connectivity index (χ4n) is 8.48. The van der Waals surface area contributed by atoms with Crippen LogP contribution in [0, 0.1) is 0 Å². The minimum absolute atomic E-state index is 0.0684. The summed E-state index contributed by atoms with van der Waals surface area (Å²) < 4.78 is 0. The van der Waals surface area contributed by atoms with Gasteiger partial charge in [0.25, 0.3) is 0 Å². The van der Waals surface area contributed by atoms with Crippen molar-refractivity contribution in [1.82, 2.24) is 20.4 Å². The molecule has 66 heavy (non-hydrogen) atoms. The van der Waals surface area contributed by atoms with E-state index in [0.29, 0.717) is 104 Å². The number of hydrogen-bond donors (Lipinski definition) is 6. The maximum Gasteiger partial charge on any atom is 0.239 e. The molecule has 4 amide bonds. The number of carbonyl (C=O) groups excluding carboxylic acids is 4. The van der Waals surface area contributed by atoms with Crippen molar-refractivity contribution in [3.63, 3.8) is 0 Å². The van der Waals surface area contributed by atoms with Crippen molar-refractivity contribution in [2.75, 3.05) is 52.4 Å². The lowest BCUT2D eigenvalue weighted by Gasteiger charge is -2.28. The van der Waals surface area contributed by atoms with Crippen molar-refractivity contribution in [2.45, 2.75) is 257 Å². The number of nitrogens with zero attached hydrogens (tertiary/aromatic N) is 2. The van der Waals surface area contributed by atoms with E-state index in [0.717, 1.165) is 64.2 Å². The Kier molecular flexibility index (Phi) is 47.0. The van der Waals surface area contributed by atoms with Gasteiger partial charge in [-0.1, -0.05) is 154 Å². The topological polar surface area (TPSA) is 203 Å². The van der Waals surface area contributed by atoms with Crippen molar-refractivity contribution in [3.05, 3.63) is 12.2 Å². The average molecular weight is 934 g/mol. The highest BCUT2D eigenvalue weighted by atomic mass is 16.2. The number of hydrogen-bond acceptors (Lipinski definition) is 8. The van der Waals surface area contributed by atoms with E-state index < -0.39 is 12.1 Å². The van der Waals surface area contributed by atoms with Gasteiger partial charge in [0.1, 0.15) is 0 Å². The van der Waals surface area contributed by atoms with E-state index in [1.54, 1.807) is 0 Å². The molecule has 0 radical (unpaired) electrons. The Labute approximate surface area is 406 Å². The predicted molar refractivity (Wildman–Crippen MR) is 280 cm³/mol. The number of nitrogens with one attached hydrogen (secondary N) is 2. The molecule has 0 aliphatic rings. The van der Waals surface area contributed by atoms with E-state index in [1.807, 2.05) is 9.80 Å². The molecule has 0 aromatic carbocycles. The molecule has 0 heterocycles. The summed E-state index contributed by atoms with van der Waals surface area (Å²) in [5.74, 6) is -0.0118. The normalized spacial score (nSPS) is 12.4. The van der Waals surface area contributed by atoms with E-state index in [-0.39, 0.29) is 23.6 Å². The highest BCUT2D eigenvalue weighted by Crippen LogP contribution is 2.14. The van der Waals surface area contributed by atoms with Gasteiger partial charge in [0.2, 0.25) is 23.6 Å². The quantitative estimate of drug-likeness (QED) is 0.0255. The molecule has 0 unspecified atom stereocenters. The minimum Gasteiger partial charge on any atom is -0.356 e. The summed E-state index contributed by atoms with van der Waals surface area (Å²) in [7, 11) is 0. The lowest BCUT2D eigenvalue weighted by Crippen LogP contribution is -2.46. The van der Waals surface area contributed by atoms with Gasteiger partial charge in [-0.3, -0.25) is 19.2 Å². The van der Waals surface area contributed by atoms with Crippen molar-refractivity contribution in [2.24, 2.45) is 22.9 Å². The summed E-state index contributed by atoms with van der Waals surface area (Å²) in [5, 5.41) is 6.12. The number of unbranched alkanes of at least 4 members (excludes halogenated alkanes) is 24. The molecule has 0 saturated heterocycles. The van der Waals surface area contributed by atoms with E-state index in [2.05, 4.69) is 36.6 Å². The third kappa shape index (κ3) is 40.5. The largest absolute Gasteiger partial charge is 0.356 e. The monoisotopic (exact) mass is 933 g/mol. The Morgan fingerprint density at radius 1 is 0.409 bits per heavy atom. The first-order valence-electron chi connectivity index (χ1n) is 27.9. The van der Waals surface area contributed by atoms with Crippen LogP contribution in [0.5, 0.6) is 0 Å². The predicted octanol–water partition coefficient (Wildman–Crippen LogP) is 10.1. The maximum absolute atomic E-state index is 13.5. The molecule has 0 saturated carbocycles. The van der Waals surface area contributed by atoms with Crippen LogP contribution in [-0.2, 0) is 19.2 Å². The van der Waals surface area contributed by atoms with Crippen LogP contribution in [0.2, 0.25) is 0 Å². The van der Waals surface area contributed by atoms with Gasteiger partial charge in [-0.15, -0.1) is 0 Å². The summed E-state index contributed by atoms with van der Waals surface area (Å²) in [6.07, 6.45) is 42.6. The molecule has 0 aliphatic heterocycles. The SMILES string of the molecule is CCCCCCCC/C=C\CCCCCCCC(=O)NCCCN(CCCCN(CCCNC(=O)CCCCCCCCCCCCC)C(=O)[C@@H](N)CCCCN)C(=O)[C@@H](N)CCCCN. The van der Waals surface area contributed by atoms with Gasteiger partial charge in [0.05, 0.1) is 12.1 Å². The number of amides is 4. The lowest BCUT2D eigenvalue weighted by molar-refractivity contribution is -0.134. The third-order valence-corrected chi connectivity index (χ3v) is 12.8. The van der Waals surface area contributed by atoms with Crippen LogP contribution in [-0.4, -0.2) is 97.9 Å². The van der Waals surface area contributed by atoms with Crippen LogP contribution >= 0.6 is 0 Å². The van der Waals surface area contributed by atoms with Gasteiger partial charge >= 0.3 is 0 Å². The summed E-state index contributed by atoms with van der Waals surface area (Å²) in [6.45, 7) is 8.73. The van der Waals surface area contributed by atoms with Crippen LogP contribution in [0.15, 0.2) is 12.2 Å². The summed E-state index contributed by atoms with van der Waals surface area (Å²) in [4.78, 5) is 55.9. The summed E-state index contributed by atoms with van der Waals surface area (Å²) in [6, 6.07) is -1.19. The third-order valence-electron chi connectivity index (χ3n) is 12.8. The van der Waals surface area contributed by atoms with Crippen LogP contribution < -0.4 is 33.6 Å². The van der Waals surface area contributed by atoms with Crippen LogP contribution in [0.25, 0.3) is 0 Å². The standard InChI is InChI=1S/C54H108N8O4/c1-3-5-7-9-11-13-15-16-17-18-20-22-24-26-28-40-52(64)60-44-36-48-62(54(66)50(58)38-30-32-42-56)46-34-33-45-61(53(65)49(57)37-29-31-41-55)47-35-43-59-51(63)39-27-25-23-21-19-14-12-10-8-6-4-2/h16-17,49-50H,3-15,18-48,55-58H2,1-2H3,(H,59,63)(H,60,64)/b17-16-/t49-,50-/m0/s1. The zero-order valence-corrected chi connectivity index (χ0v) is 43.3. The molecule has 0 fully saturated rings. The highest BCUT2D eigenvalue weighted by Gasteiger charge is 2.23. The van der Waals surface area contributed by atoms with Crippen molar-refractivity contribution >= 4 is 23.6 Å². The second kappa shape index (κ2) is 48.9. The smallest absolute Gasteiger partial charge is 0.239 e. The molecular weight excluding hydrogens is 825 g/mol. The molecule has 0 aromatic rings. The van der Waals surface area contributed by atoms with E-state index in [1.165, 1.54) is 116 Å². The second-order valence-electron chi connectivity index (χ2n) is 19.2. The molecule has 12 nitrogen and oxygen atoms in total. The minimum atomic E-state index is -0.595. The Morgan fingerprint density at radius 2 is 0.727 bits per heavy atom. The Bertz CT molecular complexity index is 1160. The Morgan fingerprint density at radius 3 is 1.08 bits per heavy atom. The van der Waals surface area contributed by atoms with Crippen molar-refractivity contribution in [1.29, 1.82) is 0 Å². The molecule has 388 valence electrons. The van der Waals surface area contributed by atoms with E-state index >= 15 is 0 Å². The average Bonchev–Trinajstić information content (AvgIpc) is 3.31. The fraction of sp³-hybridized carbons (Fsp3) is 0.889. The number of allylic oxidation sites excluding steroid dienone is 2. The summed E-state index contributed by atoms with van der Waals surface area (Å²) in [5.41, 5.74) is 24.2. The first-order chi connectivity index (χ1) is 32.2. The second-order valence-corrected chi connectivity index (χ2v) is 19.2. The van der Waals surface area contributed by atoms with Gasteiger partial charge in [-0.2, -0.15) is 0 Å². The van der Waals surface area contributed by atoms with Crippen molar-refractivity contribution < 1.29 is 19.2 Å². The molecule has 10 N–H and O–H groups in total. The molecule has 0 rings (SSSR count). The van der Waals surface area contributed by atoms with Crippen LogP contribution in [0.1, 0.15) is 245 Å². The zero-order chi connectivity index (χ0) is 48.6. The van der Waals surface area contributed by atoms with Crippen molar-refractivity contribution in [3.8, 4) is 0 Å². The van der Waals surface area contributed by atoms with Crippen LogP contribution in [0.3, 0.4) is 0 Å². The molecule has 0 spiro atoms. The maximum atomic E-state index is 13.5. The molecule has 12 heteroatoms. The highest BCUT2D eigenvalue weighted by molar-refractivity contribution is 5.82. The van der Waals surface area contributed by atoms with E-state index in [4.69, 9.17) is 22.9 Å². The fourth-order valence-corrected chi connectivity index (χ4v) is 8.48. The Hall–Kier alpha value is -2.54. The molecule has 0 aromatic heterocycles. The zero-order valence-electron chi connectivity index (χ0n) is 43.3. The van der Waals surface area contributed by atoms with Gasteiger partial charge in [-0.05, 0) is 103 Å². The van der Waals surface area contributed by atoms with Gasteiger partial charge in [0, 0.05) is 52.1 Å². The van der Waals surface area contributed by atoms with Crippen LogP contribution in [0.4, 0.5) is 0 Å². The lowest BCUT2D eigenvalue weighted by atomic mass is 10.1. The molecular formula is C54H108N8O4.